The normalized spacial score (nSPS) is 20.8. The molecule has 0 spiro atoms. The molecule has 0 radical (unpaired) electrons. The van der Waals surface area contributed by atoms with Crippen molar-refractivity contribution in [3.8, 4) is 0 Å². The van der Waals surface area contributed by atoms with Crippen molar-refractivity contribution in [1.29, 1.82) is 0 Å². The first-order chi connectivity index (χ1) is 11.5. The summed E-state index contributed by atoms with van der Waals surface area (Å²) in [5, 5.41) is 6.18. The van der Waals surface area contributed by atoms with Crippen molar-refractivity contribution in [2.75, 3.05) is 13.7 Å². The van der Waals surface area contributed by atoms with Gasteiger partial charge in [0, 0.05) is 12.6 Å². The molecule has 0 saturated heterocycles. The highest BCUT2D eigenvalue weighted by molar-refractivity contribution is 6.99. The van der Waals surface area contributed by atoms with Crippen molar-refractivity contribution < 1.29 is 4.43 Å². The van der Waals surface area contributed by atoms with Gasteiger partial charge in [-0.2, -0.15) is 0 Å². The van der Waals surface area contributed by atoms with E-state index in [2.05, 4.69) is 86.8 Å². The van der Waals surface area contributed by atoms with E-state index in [9.17, 15) is 0 Å². The number of benzene rings is 2. The van der Waals surface area contributed by atoms with Crippen LogP contribution < -0.4 is 15.7 Å². The Morgan fingerprint density at radius 1 is 0.958 bits per heavy atom. The van der Waals surface area contributed by atoms with E-state index in [0.29, 0.717) is 12.0 Å². The quantitative estimate of drug-likeness (QED) is 0.816. The van der Waals surface area contributed by atoms with Crippen LogP contribution in [-0.4, -0.2) is 28.0 Å². The number of hydrogen-bond acceptors (Lipinski definition) is 2. The minimum absolute atomic E-state index is 0.0692. The van der Waals surface area contributed by atoms with Crippen LogP contribution >= 0.6 is 0 Å². The van der Waals surface area contributed by atoms with Gasteiger partial charge in [-0.05, 0) is 34.8 Å². The van der Waals surface area contributed by atoms with Gasteiger partial charge in [0.05, 0.1) is 0 Å². The van der Waals surface area contributed by atoms with E-state index in [1.54, 1.807) is 0 Å². The van der Waals surface area contributed by atoms with Crippen LogP contribution in [0.3, 0.4) is 0 Å². The maximum Gasteiger partial charge on any atom is 0.261 e. The van der Waals surface area contributed by atoms with Crippen LogP contribution in [0.2, 0.25) is 5.04 Å². The Bertz CT molecular complexity index is 611. The highest BCUT2D eigenvalue weighted by Gasteiger charge is 2.51. The molecule has 3 rings (SSSR count). The van der Waals surface area contributed by atoms with Crippen molar-refractivity contribution in [2.45, 2.75) is 38.3 Å². The first kappa shape index (κ1) is 17.4. The molecule has 2 atom stereocenters. The van der Waals surface area contributed by atoms with Crippen LogP contribution in [0.5, 0.6) is 0 Å². The van der Waals surface area contributed by atoms with E-state index in [-0.39, 0.29) is 5.04 Å². The SMILES string of the molecule is CNC1CC1CO[Si](c1ccccc1)(c1ccccc1)C(C)(C)C. The molecule has 2 aromatic carbocycles. The van der Waals surface area contributed by atoms with Crippen molar-refractivity contribution in [2.24, 2.45) is 5.92 Å². The van der Waals surface area contributed by atoms with E-state index in [0.717, 1.165) is 6.61 Å². The molecule has 1 aliphatic rings. The molecule has 2 nitrogen and oxygen atoms in total. The third kappa shape index (κ3) is 3.21. The zero-order valence-corrected chi connectivity index (χ0v) is 16.3. The minimum Gasteiger partial charge on any atom is -0.407 e. The second-order valence-corrected chi connectivity index (χ2v) is 12.2. The molecule has 2 aromatic rings. The monoisotopic (exact) mass is 339 g/mol. The molecule has 1 N–H and O–H groups in total. The Labute approximate surface area is 147 Å². The lowest BCUT2D eigenvalue weighted by Crippen LogP contribution is -2.66. The Balaban J connectivity index is 2.04. The summed E-state index contributed by atoms with van der Waals surface area (Å²) in [5.41, 5.74) is 0. The fourth-order valence-corrected chi connectivity index (χ4v) is 8.40. The lowest BCUT2D eigenvalue weighted by atomic mass is 10.2. The molecule has 0 bridgehead atoms. The van der Waals surface area contributed by atoms with E-state index in [1.807, 2.05) is 7.05 Å². The molecule has 0 aromatic heterocycles. The van der Waals surface area contributed by atoms with E-state index < -0.39 is 8.32 Å². The summed E-state index contributed by atoms with van der Waals surface area (Å²) in [7, 11) is -0.293. The summed E-state index contributed by atoms with van der Waals surface area (Å²) >= 11 is 0. The summed E-state index contributed by atoms with van der Waals surface area (Å²) in [4.78, 5) is 0. The Morgan fingerprint density at radius 2 is 1.46 bits per heavy atom. The first-order valence-electron chi connectivity index (χ1n) is 8.91. The molecule has 24 heavy (non-hydrogen) atoms. The standard InChI is InChI=1S/C21H29NOSi/c1-21(2,3)24(18-11-7-5-8-12-18,19-13-9-6-10-14-19)23-16-17-15-20(17)22-4/h5-14,17,20,22H,15-16H2,1-4H3. The van der Waals surface area contributed by atoms with Crippen molar-refractivity contribution >= 4 is 18.7 Å². The third-order valence-electron chi connectivity index (χ3n) is 5.22. The molecule has 1 saturated carbocycles. The van der Waals surface area contributed by atoms with Crippen molar-refractivity contribution in [3.63, 3.8) is 0 Å². The molecule has 0 amide bonds. The van der Waals surface area contributed by atoms with Gasteiger partial charge in [0.25, 0.3) is 8.32 Å². The predicted molar refractivity (Wildman–Crippen MR) is 105 cm³/mol. The van der Waals surface area contributed by atoms with Crippen LogP contribution in [0.1, 0.15) is 27.2 Å². The third-order valence-corrected chi connectivity index (χ3v) is 10.2. The average Bonchev–Trinajstić information content (AvgIpc) is 3.35. The number of hydrogen-bond donors (Lipinski definition) is 1. The number of nitrogens with one attached hydrogen (secondary N) is 1. The minimum atomic E-state index is -2.34. The maximum atomic E-state index is 6.92. The van der Waals surface area contributed by atoms with Crippen molar-refractivity contribution in [3.05, 3.63) is 60.7 Å². The Kier molecular flexibility index (Phi) is 4.95. The molecule has 0 aliphatic heterocycles. The fourth-order valence-electron chi connectivity index (χ4n) is 3.78. The van der Waals surface area contributed by atoms with Gasteiger partial charge >= 0.3 is 0 Å². The second-order valence-electron chi connectivity index (χ2n) is 7.87. The molecule has 1 fully saturated rings. The van der Waals surface area contributed by atoms with Gasteiger partial charge in [-0.25, -0.2) is 0 Å². The molecular formula is C21H29NOSi. The summed E-state index contributed by atoms with van der Waals surface area (Å²) in [5.74, 6) is 0.650. The molecule has 3 heteroatoms. The topological polar surface area (TPSA) is 21.3 Å². The van der Waals surface area contributed by atoms with E-state index in [1.165, 1.54) is 16.8 Å². The van der Waals surface area contributed by atoms with Crippen LogP contribution in [0.4, 0.5) is 0 Å². The Morgan fingerprint density at radius 3 is 1.83 bits per heavy atom. The van der Waals surface area contributed by atoms with Gasteiger partial charge in [-0.15, -0.1) is 0 Å². The molecule has 0 heterocycles. The van der Waals surface area contributed by atoms with Gasteiger partial charge in [0.1, 0.15) is 0 Å². The second kappa shape index (κ2) is 6.83. The summed E-state index contributed by atoms with van der Waals surface area (Å²) < 4.78 is 6.92. The molecular weight excluding hydrogens is 310 g/mol. The summed E-state index contributed by atoms with van der Waals surface area (Å²) in [6.07, 6.45) is 1.23. The van der Waals surface area contributed by atoms with Gasteiger partial charge in [0.15, 0.2) is 0 Å². The van der Waals surface area contributed by atoms with Crippen molar-refractivity contribution in [1.82, 2.24) is 5.32 Å². The fraction of sp³-hybridized carbons (Fsp3) is 0.429. The zero-order chi connectivity index (χ0) is 17.2. The van der Waals surface area contributed by atoms with Crippen LogP contribution in [0.25, 0.3) is 0 Å². The number of rotatable bonds is 6. The predicted octanol–water partition coefficient (Wildman–Crippen LogP) is 3.17. The summed E-state index contributed by atoms with van der Waals surface area (Å²) in [6.45, 7) is 7.85. The van der Waals surface area contributed by atoms with E-state index >= 15 is 0 Å². The highest BCUT2D eigenvalue weighted by atomic mass is 28.4. The van der Waals surface area contributed by atoms with Crippen LogP contribution in [0, 0.1) is 5.92 Å². The maximum absolute atomic E-state index is 6.92. The smallest absolute Gasteiger partial charge is 0.261 e. The lowest BCUT2D eigenvalue weighted by molar-refractivity contribution is 0.277. The van der Waals surface area contributed by atoms with Crippen LogP contribution in [-0.2, 0) is 4.43 Å². The molecule has 2 unspecified atom stereocenters. The van der Waals surface area contributed by atoms with Gasteiger partial charge < -0.3 is 9.74 Å². The van der Waals surface area contributed by atoms with Gasteiger partial charge in [-0.1, -0.05) is 81.4 Å². The molecule has 1 aliphatic carbocycles. The molecule has 128 valence electrons. The van der Waals surface area contributed by atoms with Gasteiger partial charge in [0.2, 0.25) is 0 Å². The largest absolute Gasteiger partial charge is 0.407 e. The van der Waals surface area contributed by atoms with Gasteiger partial charge in [-0.3, -0.25) is 0 Å². The summed E-state index contributed by atoms with van der Waals surface area (Å²) in [6, 6.07) is 22.4. The average molecular weight is 340 g/mol. The highest BCUT2D eigenvalue weighted by Crippen LogP contribution is 2.39. The Hall–Kier alpha value is -1.42. The lowest BCUT2D eigenvalue weighted by Gasteiger charge is -2.43. The van der Waals surface area contributed by atoms with Crippen LogP contribution in [0.15, 0.2) is 60.7 Å². The zero-order valence-electron chi connectivity index (χ0n) is 15.3. The van der Waals surface area contributed by atoms with E-state index in [4.69, 9.17) is 4.43 Å². The first-order valence-corrected chi connectivity index (χ1v) is 10.8.